The van der Waals surface area contributed by atoms with E-state index in [-0.39, 0.29) is 11.9 Å². The number of aromatic nitrogens is 2. The third kappa shape index (κ3) is 3.58. The summed E-state index contributed by atoms with van der Waals surface area (Å²) >= 11 is 0. The normalized spacial score (nSPS) is 13.6. The Morgan fingerprint density at radius 2 is 1.90 bits per heavy atom. The van der Waals surface area contributed by atoms with Crippen LogP contribution in [0, 0.1) is 0 Å². The van der Waals surface area contributed by atoms with E-state index in [0.717, 1.165) is 47.5 Å². The third-order valence-electron chi connectivity index (χ3n) is 5.40. The van der Waals surface area contributed by atoms with Crippen LogP contribution in [0.5, 0.6) is 11.5 Å². The van der Waals surface area contributed by atoms with Crippen molar-refractivity contribution in [3.63, 3.8) is 0 Å². The zero-order valence-electron chi connectivity index (χ0n) is 16.9. The number of benzene rings is 2. The Morgan fingerprint density at radius 3 is 2.62 bits per heavy atom. The van der Waals surface area contributed by atoms with Crippen molar-refractivity contribution in [1.29, 1.82) is 0 Å². The molecular formula is C23H25N3O3. The van der Waals surface area contributed by atoms with E-state index >= 15 is 0 Å². The van der Waals surface area contributed by atoms with Gasteiger partial charge in [-0.2, -0.15) is 5.10 Å². The van der Waals surface area contributed by atoms with Crippen LogP contribution in [-0.4, -0.2) is 29.9 Å². The molecule has 1 atom stereocenters. The number of carbonyl (C=O) groups excluding carboxylic acids is 1. The van der Waals surface area contributed by atoms with Gasteiger partial charge in [0.2, 0.25) is 0 Å². The fourth-order valence-corrected chi connectivity index (χ4v) is 3.92. The molecule has 1 aromatic heterocycles. The van der Waals surface area contributed by atoms with Crippen LogP contribution in [0.3, 0.4) is 0 Å². The van der Waals surface area contributed by atoms with Crippen molar-refractivity contribution < 1.29 is 14.3 Å². The van der Waals surface area contributed by atoms with Crippen LogP contribution >= 0.6 is 0 Å². The molecule has 0 saturated carbocycles. The van der Waals surface area contributed by atoms with Crippen molar-refractivity contribution in [1.82, 2.24) is 15.1 Å². The van der Waals surface area contributed by atoms with Crippen molar-refractivity contribution in [2.75, 3.05) is 14.2 Å². The van der Waals surface area contributed by atoms with Crippen LogP contribution in [0.4, 0.5) is 0 Å². The Morgan fingerprint density at radius 1 is 1.10 bits per heavy atom. The Labute approximate surface area is 170 Å². The molecule has 1 amide bonds. The van der Waals surface area contributed by atoms with Crippen molar-refractivity contribution in [3.05, 3.63) is 71.0 Å². The summed E-state index contributed by atoms with van der Waals surface area (Å²) < 4.78 is 12.7. The molecule has 150 valence electrons. The molecule has 0 bridgehead atoms. The smallest absolute Gasteiger partial charge is 0.272 e. The number of hydrogen-bond acceptors (Lipinski definition) is 4. The Bertz CT molecular complexity index is 1030. The lowest BCUT2D eigenvalue weighted by Gasteiger charge is -2.18. The van der Waals surface area contributed by atoms with Gasteiger partial charge in [-0.1, -0.05) is 18.2 Å². The molecule has 29 heavy (non-hydrogen) atoms. The zero-order chi connectivity index (χ0) is 20.4. The van der Waals surface area contributed by atoms with Crippen LogP contribution in [0.25, 0.3) is 5.69 Å². The molecule has 1 N–H and O–H groups in total. The SMILES string of the molecule is COc1ccc(OC)c([C@H](C)NC(=O)c2nn(-c3ccccc3)c3c2CCC3)c1. The van der Waals surface area contributed by atoms with E-state index in [2.05, 4.69) is 10.4 Å². The summed E-state index contributed by atoms with van der Waals surface area (Å²) in [5.74, 6) is 1.25. The molecule has 1 aliphatic rings. The molecular weight excluding hydrogens is 366 g/mol. The summed E-state index contributed by atoms with van der Waals surface area (Å²) in [5, 5.41) is 7.76. The number of carbonyl (C=O) groups is 1. The number of fused-ring (bicyclic) bond motifs is 1. The van der Waals surface area contributed by atoms with E-state index < -0.39 is 0 Å². The lowest BCUT2D eigenvalue weighted by atomic mass is 10.1. The first-order valence-electron chi connectivity index (χ1n) is 9.81. The van der Waals surface area contributed by atoms with Crippen LogP contribution in [0.1, 0.15) is 46.7 Å². The van der Waals surface area contributed by atoms with E-state index in [9.17, 15) is 4.79 Å². The molecule has 6 nitrogen and oxygen atoms in total. The number of para-hydroxylation sites is 1. The number of ether oxygens (including phenoxy) is 2. The van der Waals surface area contributed by atoms with E-state index in [4.69, 9.17) is 9.47 Å². The predicted molar refractivity (Wildman–Crippen MR) is 111 cm³/mol. The lowest BCUT2D eigenvalue weighted by molar-refractivity contribution is 0.0933. The van der Waals surface area contributed by atoms with Crippen molar-refractivity contribution in [3.8, 4) is 17.2 Å². The minimum absolute atomic E-state index is 0.171. The first-order valence-corrected chi connectivity index (χ1v) is 9.81. The average molecular weight is 391 g/mol. The molecule has 6 heteroatoms. The molecule has 0 aliphatic heterocycles. The molecule has 0 radical (unpaired) electrons. The van der Waals surface area contributed by atoms with Gasteiger partial charge in [-0.15, -0.1) is 0 Å². The number of methoxy groups -OCH3 is 2. The predicted octanol–water partition coefficient (Wildman–Crippen LogP) is 3.87. The van der Waals surface area contributed by atoms with Gasteiger partial charge in [0.15, 0.2) is 5.69 Å². The molecule has 0 saturated heterocycles. The summed E-state index contributed by atoms with van der Waals surface area (Å²) in [4.78, 5) is 13.1. The fraction of sp³-hybridized carbons (Fsp3) is 0.304. The summed E-state index contributed by atoms with van der Waals surface area (Å²) in [5.41, 5.74) is 4.53. The molecule has 1 aliphatic carbocycles. The maximum Gasteiger partial charge on any atom is 0.272 e. The zero-order valence-corrected chi connectivity index (χ0v) is 16.9. The number of hydrogen-bond donors (Lipinski definition) is 1. The fourth-order valence-electron chi connectivity index (χ4n) is 3.92. The highest BCUT2D eigenvalue weighted by atomic mass is 16.5. The highest BCUT2D eigenvalue weighted by Gasteiger charge is 2.28. The third-order valence-corrected chi connectivity index (χ3v) is 5.40. The minimum atomic E-state index is -0.258. The Kier molecular flexibility index (Phi) is 5.25. The Hall–Kier alpha value is -3.28. The standard InChI is InChI=1S/C23H25N3O3/c1-15(19-14-17(28-2)12-13-21(19)29-3)24-23(27)22-18-10-7-11-20(18)26(25-22)16-8-5-4-6-9-16/h4-6,8-9,12-15H,7,10-11H2,1-3H3,(H,24,27)/t15-/m0/s1. The van der Waals surface area contributed by atoms with Crippen molar-refractivity contribution >= 4 is 5.91 Å². The number of nitrogens with one attached hydrogen (secondary N) is 1. The molecule has 3 aromatic rings. The van der Waals surface area contributed by atoms with Gasteiger partial charge in [0.1, 0.15) is 11.5 Å². The van der Waals surface area contributed by atoms with Gasteiger partial charge < -0.3 is 14.8 Å². The van der Waals surface area contributed by atoms with E-state index in [0.29, 0.717) is 11.4 Å². The first kappa shape index (κ1) is 19.1. The second-order valence-electron chi connectivity index (χ2n) is 7.18. The molecule has 2 aromatic carbocycles. The van der Waals surface area contributed by atoms with Gasteiger partial charge in [0.05, 0.1) is 25.9 Å². The quantitative estimate of drug-likeness (QED) is 0.693. The molecule has 0 unspecified atom stereocenters. The van der Waals surface area contributed by atoms with E-state index in [1.807, 2.05) is 60.1 Å². The number of amides is 1. The largest absolute Gasteiger partial charge is 0.497 e. The molecule has 4 rings (SSSR count). The lowest BCUT2D eigenvalue weighted by Crippen LogP contribution is -2.28. The van der Waals surface area contributed by atoms with Gasteiger partial charge in [-0.05, 0) is 56.5 Å². The topological polar surface area (TPSA) is 65.4 Å². The summed E-state index contributed by atoms with van der Waals surface area (Å²) in [7, 11) is 3.24. The monoisotopic (exact) mass is 391 g/mol. The van der Waals surface area contributed by atoms with Crippen LogP contribution < -0.4 is 14.8 Å². The second-order valence-corrected chi connectivity index (χ2v) is 7.18. The van der Waals surface area contributed by atoms with Crippen LogP contribution in [0.15, 0.2) is 48.5 Å². The highest BCUT2D eigenvalue weighted by Crippen LogP contribution is 2.31. The molecule has 0 fully saturated rings. The Balaban J connectivity index is 1.63. The van der Waals surface area contributed by atoms with Gasteiger partial charge in [0, 0.05) is 16.8 Å². The summed E-state index contributed by atoms with van der Waals surface area (Å²) in [6, 6.07) is 15.3. The second kappa shape index (κ2) is 7.99. The maximum atomic E-state index is 13.1. The van der Waals surface area contributed by atoms with Crippen molar-refractivity contribution in [2.24, 2.45) is 0 Å². The highest BCUT2D eigenvalue weighted by molar-refractivity contribution is 5.94. The van der Waals surface area contributed by atoms with Gasteiger partial charge in [0.25, 0.3) is 5.91 Å². The molecule has 0 spiro atoms. The first-order chi connectivity index (χ1) is 14.1. The minimum Gasteiger partial charge on any atom is -0.497 e. The maximum absolute atomic E-state index is 13.1. The van der Waals surface area contributed by atoms with E-state index in [1.165, 1.54) is 0 Å². The van der Waals surface area contributed by atoms with E-state index in [1.54, 1.807) is 14.2 Å². The number of nitrogens with zero attached hydrogens (tertiary/aromatic N) is 2. The van der Waals surface area contributed by atoms with Crippen LogP contribution in [0.2, 0.25) is 0 Å². The summed E-state index contributed by atoms with van der Waals surface area (Å²) in [6.45, 7) is 1.93. The summed E-state index contributed by atoms with van der Waals surface area (Å²) in [6.07, 6.45) is 2.85. The average Bonchev–Trinajstić information content (AvgIpc) is 3.36. The van der Waals surface area contributed by atoms with Gasteiger partial charge in [-0.3, -0.25) is 4.79 Å². The van der Waals surface area contributed by atoms with Gasteiger partial charge in [-0.25, -0.2) is 4.68 Å². The number of rotatable bonds is 6. The van der Waals surface area contributed by atoms with Crippen molar-refractivity contribution in [2.45, 2.75) is 32.2 Å². The molecule has 1 heterocycles. The van der Waals surface area contributed by atoms with Crippen LogP contribution in [-0.2, 0) is 12.8 Å². The van der Waals surface area contributed by atoms with Gasteiger partial charge >= 0.3 is 0 Å².